The predicted molar refractivity (Wildman–Crippen MR) is 74.5 cm³/mol. The zero-order valence-corrected chi connectivity index (χ0v) is 11.5. The summed E-state index contributed by atoms with van der Waals surface area (Å²) in [7, 11) is 0. The second-order valence-electron chi connectivity index (χ2n) is 4.27. The summed E-state index contributed by atoms with van der Waals surface area (Å²) in [5.74, 6) is 5.95. The molecule has 4 nitrogen and oxygen atoms in total. The zero-order chi connectivity index (χ0) is 13.8. The van der Waals surface area contributed by atoms with Gasteiger partial charge in [0.2, 0.25) is 0 Å². The summed E-state index contributed by atoms with van der Waals surface area (Å²) >= 11 is 1.28. The van der Waals surface area contributed by atoms with Crippen molar-refractivity contribution < 1.29 is 4.39 Å². The van der Waals surface area contributed by atoms with Gasteiger partial charge in [-0.25, -0.2) is 20.2 Å². The van der Waals surface area contributed by atoms with Gasteiger partial charge in [0.1, 0.15) is 23.0 Å². The summed E-state index contributed by atoms with van der Waals surface area (Å²) in [5, 5.41) is 0.711. The molecule has 19 heavy (non-hydrogen) atoms. The van der Waals surface area contributed by atoms with E-state index < -0.39 is 0 Å². The minimum absolute atomic E-state index is 0.182. The molecule has 1 aromatic heterocycles. The van der Waals surface area contributed by atoms with E-state index in [0.717, 1.165) is 5.56 Å². The molecular formula is C13H15FN4S. The van der Waals surface area contributed by atoms with E-state index in [2.05, 4.69) is 15.4 Å². The van der Waals surface area contributed by atoms with E-state index in [1.165, 1.54) is 24.2 Å². The van der Waals surface area contributed by atoms with E-state index >= 15 is 0 Å². The van der Waals surface area contributed by atoms with Crippen LogP contribution in [-0.4, -0.2) is 9.97 Å². The lowest BCUT2D eigenvalue weighted by molar-refractivity contribution is 0.601. The van der Waals surface area contributed by atoms with Crippen LogP contribution in [0.2, 0.25) is 0 Å². The average Bonchev–Trinajstić information content (AvgIpc) is 2.40. The van der Waals surface area contributed by atoms with Crippen molar-refractivity contribution in [1.82, 2.24) is 9.97 Å². The summed E-state index contributed by atoms with van der Waals surface area (Å²) in [5.41, 5.74) is 3.45. The predicted octanol–water partition coefficient (Wildman–Crippen LogP) is 3.18. The maximum Gasteiger partial charge on any atom is 0.147 e. The lowest BCUT2D eigenvalue weighted by atomic mass is 10.1. The molecule has 0 aliphatic heterocycles. The number of nitrogens with two attached hydrogens (primary N) is 1. The van der Waals surface area contributed by atoms with Gasteiger partial charge < -0.3 is 5.43 Å². The fraction of sp³-hybridized carbons (Fsp3) is 0.231. The Balaban J connectivity index is 2.43. The van der Waals surface area contributed by atoms with Crippen LogP contribution in [0.4, 0.5) is 10.2 Å². The van der Waals surface area contributed by atoms with Crippen LogP contribution in [0.15, 0.2) is 40.5 Å². The molecule has 0 saturated heterocycles. The molecule has 0 atom stereocenters. The maximum absolute atomic E-state index is 13.7. The third-order valence-corrected chi connectivity index (χ3v) is 3.67. The molecule has 2 aromatic rings. The van der Waals surface area contributed by atoms with Gasteiger partial charge in [0.25, 0.3) is 0 Å². The molecule has 0 aliphatic rings. The van der Waals surface area contributed by atoms with Gasteiger partial charge in [-0.3, -0.25) is 0 Å². The Bertz CT molecular complexity index is 574. The SMILES string of the molecule is CC(C)c1c(NN)ncnc1Sc1ccccc1F. The number of hydrogen-bond donors (Lipinski definition) is 2. The Kier molecular flexibility index (Phi) is 4.34. The van der Waals surface area contributed by atoms with Gasteiger partial charge >= 0.3 is 0 Å². The van der Waals surface area contributed by atoms with Crippen molar-refractivity contribution in [1.29, 1.82) is 0 Å². The van der Waals surface area contributed by atoms with Crippen LogP contribution in [-0.2, 0) is 0 Å². The van der Waals surface area contributed by atoms with Crippen LogP contribution in [0.3, 0.4) is 0 Å². The van der Waals surface area contributed by atoms with Crippen molar-refractivity contribution in [3.05, 3.63) is 42.0 Å². The molecule has 0 spiro atoms. The molecule has 0 aliphatic carbocycles. The fourth-order valence-corrected chi connectivity index (χ4v) is 2.79. The van der Waals surface area contributed by atoms with Gasteiger partial charge in [-0.2, -0.15) is 0 Å². The van der Waals surface area contributed by atoms with Crippen molar-refractivity contribution in [3.8, 4) is 0 Å². The lowest BCUT2D eigenvalue weighted by Crippen LogP contribution is -2.13. The van der Waals surface area contributed by atoms with Crippen LogP contribution in [0.1, 0.15) is 25.3 Å². The molecule has 6 heteroatoms. The highest BCUT2D eigenvalue weighted by Crippen LogP contribution is 2.35. The minimum Gasteiger partial charge on any atom is -0.308 e. The molecule has 0 bridgehead atoms. The van der Waals surface area contributed by atoms with Crippen LogP contribution in [0.5, 0.6) is 0 Å². The number of halogens is 1. The van der Waals surface area contributed by atoms with E-state index in [9.17, 15) is 4.39 Å². The third kappa shape index (κ3) is 3.02. The second-order valence-corrected chi connectivity index (χ2v) is 5.30. The molecule has 2 rings (SSSR count). The first-order valence-electron chi connectivity index (χ1n) is 5.87. The quantitative estimate of drug-likeness (QED) is 0.511. The van der Waals surface area contributed by atoms with Gasteiger partial charge in [-0.15, -0.1) is 0 Å². The number of anilines is 1. The number of benzene rings is 1. The molecule has 1 aromatic carbocycles. The van der Waals surface area contributed by atoms with Gasteiger partial charge in [-0.05, 0) is 18.1 Å². The van der Waals surface area contributed by atoms with Crippen LogP contribution in [0, 0.1) is 5.82 Å². The molecule has 0 radical (unpaired) electrons. The largest absolute Gasteiger partial charge is 0.308 e. The first kappa shape index (κ1) is 13.8. The van der Waals surface area contributed by atoms with Crippen molar-refractivity contribution in [2.24, 2.45) is 5.84 Å². The molecular weight excluding hydrogens is 263 g/mol. The van der Waals surface area contributed by atoms with Gasteiger partial charge in [-0.1, -0.05) is 37.7 Å². The molecule has 3 N–H and O–H groups in total. The Hall–Kier alpha value is -1.66. The number of nitrogens with zero attached hydrogens (tertiary/aromatic N) is 2. The number of nitrogen functional groups attached to an aromatic ring is 1. The first-order valence-corrected chi connectivity index (χ1v) is 6.69. The first-order chi connectivity index (χ1) is 9.13. The smallest absolute Gasteiger partial charge is 0.147 e. The number of rotatable bonds is 4. The van der Waals surface area contributed by atoms with Crippen LogP contribution in [0.25, 0.3) is 0 Å². The van der Waals surface area contributed by atoms with E-state index in [1.54, 1.807) is 18.2 Å². The summed E-state index contributed by atoms with van der Waals surface area (Å²) < 4.78 is 13.7. The Morgan fingerprint density at radius 3 is 2.63 bits per heavy atom. The molecule has 0 saturated carbocycles. The second kappa shape index (κ2) is 5.99. The zero-order valence-electron chi connectivity index (χ0n) is 10.7. The average molecular weight is 278 g/mol. The number of hydrazine groups is 1. The summed E-state index contributed by atoms with van der Waals surface area (Å²) in [6, 6.07) is 6.61. The Labute approximate surface area is 115 Å². The van der Waals surface area contributed by atoms with Crippen molar-refractivity contribution >= 4 is 17.6 Å². The highest BCUT2D eigenvalue weighted by atomic mass is 32.2. The van der Waals surface area contributed by atoms with E-state index in [1.807, 2.05) is 13.8 Å². The van der Waals surface area contributed by atoms with Crippen molar-refractivity contribution in [2.45, 2.75) is 29.7 Å². The number of aromatic nitrogens is 2. The van der Waals surface area contributed by atoms with Gasteiger partial charge in [0.05, 0.1) is 0 Å². The minimum atomic E-state index is -0.261. The lowest BCUT2D eigenvalue weighted by Gasteiger charge is -2.14. The van der Waals surface area contributed by atoms with Crippen LogP contribution >= 0.6 is 11.8 Å². The normalized spacial score (nSPS) is 10.8. The molecule has 0 amide bonds. The Morgan fingerprint density at radius 2 is 2.00 bits per heavy atom. The maximum atomic E-state index is 13.7. The van der Waals surface area contributed by atoms with Crippen molar-refractivity contribution in [2.75, 3.05) is 5.43 Å². The topological polar surface area (TPSA) is 63.8 Å². The van der Waals surface area contributed by atoms with E-state index in [-0.39, 0.29) is 11.7 Å². The molecule has 0 fully saturated rings. The molecule has 100 valence electrons. The molecule has 1 heterocycles. The van der Waals surface area contributed by atoms with Gasteiger partial charge in [0.15, 0.2) is 0 Å². The third-order valence-electron chi connectivity index (χ3n) is 2.60. The Morgan fingerprint density at radius 1 is 1.26 bits per heavy atom. The monoisotopic (exact) mass is 278 g/mol. The van der Waals surface area contributed by atoms with E-state index in [0.29, 0.717) is 15.7 Å². The summed E-state index contributed by atoms with van der Waals surface area (Å²) in [6.45, 7) is 4.04. The standard InChI is InChI=1S/C13H15FN4S/c1-8(2)11-12(18-15)16-7-17-13(11)19-10-6-4-3-5-9(10)14/h3-8H,15H2,1-2H3,(H,16,17,18). The summed E-state index contributed by atoms with van der Waals surface area (Å²) in [6.07, 6.45) is 1.42. The number of nitrogens with one attached hydrogen (secondary N) is 1. The number of hydrogen-bond acceptors (Lipinski definition) is 5. The van der Waals surface area contributed by atoms with E-state index in [4.69, 9.17) is 5.84 Å². The highest BCUT2D eigenvalue weighted by molar-refractivity contribution is 7.99. The highest BCUT2D eigenvalue weighted by Gasteiger charge is 2.16. The van der Waals surface area contributed by atoms with Crippen LogP contribution < -0.4 is 11.3 Å². The van der Waals surface area contributed by atoms with Crippen molar-refractivity contribution in [3.63, 3.8) is 0 Å². The fourth-order valence-electron chi connectivity index (χ4n) is 1.73. The summed E-state index contributed by atoms with van der Waals surface area (Å²) in [4.78, 5) is 8.86. The van der Waals surface area contributed by atoms with Gasteiger partial charge in [0, 0.05) is 10.5 Å². The molecule has 0 unspecified atom stereocenters.